The summed E-state index contributed by atoms with van der Waals surface area (Å²) in [4.78, 5) is 21.0. The Balaban J connectivity index is 2.83. The molecule has 0 spiro atoms. The molecule has 0 aliphatic heterocycles. The third-order valence-electron chi connectivity index (χ3n) is 3.00. The van der Waals surface area contributed by atoms with Crippen molar-refractivity contribution in [2.24, 2.45) is 5.92 Å². The smallest absolute Gasteiger partial charge is 0.167 e. The second-order valence-corrected chi connectivity index (χ2v) is 4.59. The molecule has 3 heteroatoms. The van der Waals surface area contributed by atoms with Crippen LogP contribution in [0.3, 0.4) is 0 Å². The van der Waals surface area contributed by atoms with Gasteiger partial charge in [0.2, 0.25) is 0 Å². The van der Waals surface area contributed by atoms with Crippen molar-refractivity contribution in [3.05, 3.63) is 35.2 Å². The van der Waals surface area contributed by atoms with E-state index in [1.807, 2.05) is 39.8 Å². The van der Waals surface area contributed by atoms with Crippen LogP contribution >= 0.6 is 0 Å². The molecule has 0 saturated heterocycles. The Kier molecular flexibility index (Phi) is 2.92. The van der Waals surface area contributed by atoms with Gasteiger partial charge in [-0.25, -0.2) is 0 Å². The molecule has 0 N–H and O–H groups in total. The molecule has 0 amide bonds. The Bertz CT molecular complexity index is 588. The van der Waals surface area contributed by atoms with Crippen LogP contribution in [0.2, 0.25) is 0 Å². The fourth-order valence-corrected chi connectivity index (χ4v) is 1.89. The molecule has 0 aliphatic rings. The lowest BCUT2D eigenvalue weighted by Crippen LogP contribution is -2.12. The summed E-state index contributed by atoms with van der Waals surface area (Å²) in [5.41, 5.74) is 4.07. The molecule has 0 aromatic carbocycles. The Morgan fingerprint density at radius 1 is 1.29 bits per heavy atom. The number of carbonyl (C=O) groups is 1. The number of ketones is 1. The van der Waals surface area contributed by atoms with Crippen molar-refractivity contribution in [3.63, 3.8) is 0 Å². The van der Waals surface area contributed by atoms with Gasteiger partial charge in [-0.2, -0.15) is 0 Å². The fraction of sp³-hybridized carbons (Fsp3) is 0.357. The van der Waals surface area contributed by atoms with Crippen LogP contribution in [0, 0.1) is 19.8 Å². The van der Waals surface area contributed by atoms with Crippen LogP contribution in [0.25, 0.3) is 11.0 Å². The average molecular weight is 228 g/mol. The number of aryl methyl sites for hydroxylation is 1. The molecule has 3 nitrogen and oxygen atoms in total. The Morgan fingerprint density at radius 2 is 2.00 bits per heavy atom. The highest BCUT2D eigenvalue weighted by Crippen LogP contribution is 2.23. The Labute approximate surface area is 101 Å². The predicted molar refractivity (Wildman–Crippen MR) is 68.2 cm³/mol. The van der Waals surface area contributed by atoms with E-state index in [2.05, 4.69) is 9.97 Å². The first kappa shape index (κ1) is 11.7. The van der Waals surface area contributed by atoms with Gasteiger partial charge in [0.15, 0.2) is 5.78 Å². The molecule has 2 aromatic heterocycles. The minimum Gasteiger partial charge on any atom is -0.294 e. The first-order valence-electron chi connectivity index (χ1n) is 5.78. The van der Waals surface area contributed by atoms with Gasteiger partial charge in [-0.3, -0.25) is 14.8 Å². The van der Waals surface area contributed by atoms with Crippen molar-refractivity contribution < 1.29 is 4.79 Å². The normalized spacial score (nSPS) is 11.1. The van der Waals surface area contributed by atoms with Crippen LogP contribution in [0.4, 0.5) is 0 Å². The molecule has 2 heterocycles. The second-order valence-electron chi connectivity index (χ2n) is 4.59. The SMILES string of the molecule is Cc1nc2cccnc2c(C(=O)C(C)C)c1C. The number of rotatable bonds is 2. The van der Waals surface area contributed by atoms with Gasteiger partial charge in [-0.05, 0) is 31.5 Å². The summed E-state index contributed by atoms with van der Waals surface area (Å²) in [6.45, 7) is 7.68. The lowest BCUT2D eigenvalue weighted by atomic mass is 9.95. The molecule has 0 saturated carbocycles. The topological polar surface area (TPSA) is 42.9 Å². The maximum atomic E-state index is 12.3. The molecule has 0 aliphatic carbocycles. The van der Waals surface area contributed by atoms with Crippen molar-refractivity contribution in [2.45, 2.75) is 27.7 Å². The summed E-state index contributed by atoms with van der Waals surface area (Å²) in [6.07, 6.45) is 1.70. The Hall–Kier alpha value is -1.77. The van der Waals surface area contributed by atoms with Crippen molar-refractivity contribution >= 4 is 16.8 Å². The van der Waals surface area contributed by atoms with Crippen LogP contribution in [0.1, 0.15) is 35.5 Å². The maximum Gasteiger partial charge on any atom is 0.167 e. The van der Waals surface area contributed by atoms with Gasteiger partial charge >= 0.3 is 0 Å². The van der Waals surface area contributed by atoms with Gasteiger partial charge in [-0.15, -0.1) is 0 Å². The predicted octanol–water partition coefficient (Wildman–Crippen LogP) is 3.09. The molecule has 0 radical (unpaired) electrons. The molecule has 0 unspecified atom stereocenters. The van der Waals surface area contributed by atoms with E-state index in [-0.39, 0.29) is 11.7 Å². The summed E-state index contributed by atoms with van der Waals surface area (Å²) in [6, 6.07) is 3.74. The first-order valence-corrected chi connectivity index (χ1v) is 5.78. The molecule has 2 rings (SSSR count). The molecular weight excluding hydrogens is 212 g/mol. The zero-order valence-electron chi connectivity index (χ0n) is 10.6. The fourth-order valence-electron chi connectivity index (χ4n) is 1.89. The first-order chi connectivity index (χ1) is 8.02. The Morgan fingerprint density at radius 3 is 2.65 bits per heavy atom. The molecule has 17 heavy (non-hydrogen) atoms. The number of pyridine rings is 2. The molecule has 88 valence electrons. The summed E-state index contributed by atoms with van der Waals surface area (Å²) in [5.74, 6) is 0.109. The van der Waals surface area contributed by atoms with Crippen LogP contribution in [-0.2, 0) is 0 Å². The van der Waals surface area contributed by atoms with Gasteiger partial charge in [0.05, 0.1) is 16.6 Å². The van der Waals surface area contributed by atoms with Gasteiger partial charge < -0.3 is 0 Å². The number of nitrogens with zero attached hydrogens (tertiary/aromatic N) is 2. The standard InChI is InChI=1S/C14H16N2O/c1-8(2)14(17)12-9(3)10(4)16-11-6-5-7-15-13(11)12/h5-8H,1-4H3. The highest BCUT2D eigenvalue weighted by atomic mass is 16.1. The van der Waals surface area contributed by atoms with Crippen molar-refractivity contribution in [2.75, 3.05) is 0 Å². The van der Waals surface area contributed by atoms with Crippen LogP contribution in [0.5, 0.6) is 0 Å². The summed E-state index contributed by atoms with van der Waals surface area (Å²) < 4.78 is 0. The lowest BCUT2D eigenvalue weighted by Gasteiger charge is -2.12. The monoisotopic (exact) mass is 228 g/mol. The lowest BCUT2D eigenvalue weighted by molar-refractivity contribution is 0.0940. The third-order valence-corrected chi connectivity index (χ3v) is 3.00. The number of aromatic nitrogens is 2. The van der Waals surface area contributed by atoms with Gasteiger partial charge in [0.25, 0.3) is 0 Å². The van der Waals surface area contributed by atoms with E-state index >= 15 is 0 Å². The molecule has 2 aromatic rings. The maximum absolute atomic E-state index is 12.3. The number of Topliss-reactive ketones (excluding diaryl/α,β-unsaturated/α-hetero) is 1. The number of fused-ring (bicyclic) bond motifs is 1. The zero-order valence-corrected chi connectivity index (χ0v) is 10.6. The van der Waals surface area contributed by atoms with Crippen LogP contribution < -0.4 is 0 Å². The van der Waals surface area contributed by atoms with Crippen LogP contribution in [-0.4, -0.2) is 15.8 Å². The average Bonchev–Trinajstić information content (AvgIpc) is 2.30. The minimum atomic E-state index is -0.0271. The van der Waals surface area contributed by atoms with Gasteiger partial charge in [0.1, 0.15) is 0 Å². The van der Waals surface area contributed by atoms with Gasteiger partial charge in [-0.1, -0.05) is 13.8 Å². The van der Waals surface area contributed by atoms with E-state index in [1.165, 1.54) is 0 Å². The van der Waals surface area contributed by atoms with Crippen molar-refractivity contribution in [3.8, 4) is 0 Å². The second kappa shape index (κ2) is 4.24. The summed E-state index contributed by atoms with van der Waals surface area (Å²) >= 11 is 0. The van der Waals surface area contributed by atoms with Crippen LogP contribution in [0.15, 0.2) is 18.3 Å². The largest absolute Gasteiger partial charge is 0.294 e. The number of hydrogen-bond donors (Lipinski definition) is 0. The van der Waals surface area contributed by atoms with E-state index in [1.54, 1.807) is 6.20 Å². The van der Waals surface area contributed by atoms with Gasteiger partial charge in [0, 0.05) is 17.8 Å². The highest BCUT2D eigenvalue weighted by molar-refractivity contribution is 6.08. The van der Waals surface area contributed by atoms with E-state index in [0.29, 0.717) is 5.52 Å². The molecule has 0 bridgehead atoms. The molecule has 0 fully saturated rings. The quantitative estimate of drug-likeness (QED) is 0.742. The van der Waals surface area contributed by atoms with E-state index in [4.69, 9.17) is 0 Å². The van der Waals surface area contributed by atoms with E-state index < -0.39 is 0 Å². The summed E-state index contributed by atoms with van der Waals surface area (Å²) in [5, 5.41) is 0. The third kappa shape index (κ3) is 1.93. The molecule has 0 atom stereocenters. The van der Waals surface area contributed by atoms with Crippen molar-refractivity contribution in [1.29, 1.82) is 0 Å². The number of carbonyl (C=O) groups excluding carboxylic acids is 1. The summed E-state index contributed by atoms with van der Waals surface area (Å²) in [7, 11) is 0. The minimum absolute atomic E-state index is 0.0271. The zero-order chi connectivity index (χ0) is 12.6. The number of hydrogen-bond acceptors (Lipinski definition) is 3. The molecular formula is C14H16N2O. The highest BCUT2D eigenvalue weighted by Gasteiger charge is 2.19. The van der Waals surface area contributed by atoms with Crippen molar-refractivity contribution in [1.82, 2.24) is 9.97 Å². The van der Waals surface area contributed by atoms with E-state index in [9.17, 15) is 4.79 Å². The van der Waals surface area contributed by atoms with E-state index in [0.717, 1.165) is 22.3 Å².